The smallest absolute Gasteiger partial charge is 0.192 e. The van der Waals surface area contributed by atoms with E-state index in [-0.39, 0.29) is 11.1 Å². The second-order valence-corrected chi connectivity index (χ2v) is 11.7. The Bertz CT molecular complexity index is 415. The minimum absolute atomic E-state index is 0.237. The summed E-state index contributed by atoms with van der Waals surface area (Å²) in [7, 11) is -1.69. The third-order valence-electron chi connectivity index (χ3n) is 4.22. The molecule has 0 saturated heterocycles. The maximum atomic E-state index is 6.52. The molecule has 0 radical (unpaired) electrons. The Hall–Kier alpha value is -0.863. The van der Waals surface area contributed by atoms with Crippen molar-refractivity contribution in [3.63, 3.8) is 0 Å². The Balaban J connectivity index is 2.66. The number of hydrogen-bond donors (Lipinski definition) is 0. The van der Waals surface area contributed by atoms with Crippen molar-refractivity contribution in [2.75, 3.05) is 0 Å². The van der Waals surface area contributed by atoms with Crippen LogP contribution in [0.15, 0.2) is 42.5 Å². The Labute approximate surface area is 126 Å². The SMILES string of the molecule is C/C=C/[C@H](CCc1ccccc1)O[Si](C)(C)C(C)(C)C. The van der Waals surface area contributed by atoms with E-state index in [9.17, 15) is 0 Å². The van der Waals surface area contributed by atoms with Crippen LogP contribution in [0.25, 0.3) is 0 Å². The van der Waals surface area contributed by atoms with Crippen LogP contribution in [0.2, 0.25) is 18.1 Å². The molecule has 1 rings (SSSR count). The summed E-state index contributed by atoms with van der Waals surface area (Å²) in [6.45, 7) is 13.6. The minimum atomic E-state index is -1.69. The molecule has 0 heterocycles. The Morgan fingerprint density at radius 3 is 2.25 bits per heavy atom. The molecule has 0 spiro atoms. The molecule has 0 aromatic heterocycles. The highest BCUT2D eigenvalue weighted by Crippen LogP contribution is 2.37. The number of allylic oxidation sites excluding steroid dienone is 1. The van der Waals surface area contributed by atoms with E-state index >= 15 is 0 Å². The van der Waals surface area contributed by atoms with Crippen molar-refractivity contribution in [2.45, 2.75) is 64.8 Å². The van der Waals surface area contributed by atoms with Gasteiger partial charge in [0.05, 0.1) is 6.10 Å². The molecule has 0 amide bonds. The van der Waals surface area contributed by atoms with E-state index in [4.69, 9.17) is 4.43 Å². The zero-order valence-electron chi connectivity index (χ0n) is 13.9. The minimum Gasteiger partial charge on any atom is -0.411 e. The average molecular weight is 291 g/mol. The summed E-state index contributed by atoms with van der Waals surface area (Å²) in [6.07, 6.45) is 6.69. The van der Waals surface area contributed by atoms with Gasteiger partial charge in [-0.05, 0) is 43.5 Å². The summed E-state index contributed by atoms with van der Waals surface area (Å²) in [6, 6.07) is 10.7. The molecule has 1 aromatic rings. The quantitative estimate of drug-likeness (QED) is 0.490. The van der Waals surface area contributed by atoms with Crippen molar-refractivity contribution < 1.29 is 4.43 Å². The molecule has 0 fully saturated rings. The summed E-state index contributed by atoms with van der Waals surface area (Å²) in [5, 5.41) is 0.263. The standard InChI is InChI=1S/C18H30OSi/c1-7-11-17(19-20(5,6)18(2,3)4)15-14-16-12-9-8-10-13-16/h7-13,17H,14-15H2,1-6H3/b11-7+/t17-/m1/s1. The van der Waals surface area contributed by atoms with Crippen LogP contribution in [-0.2, 0) is 10.8 Å². The molecule has 112 valence electrons. The lowest BCUT2D eigenvalue weighted by Gasteiger charge is -2.38. The lowest BCUT2D eigenvalue weighted by molar-refractivity contribution is 0.215. The molecule has 1 atom stereocenters. The first kappa shape index (κ1) is 17.2. The first-order chi connectivity index (χ1) is 9.26. The average Bonchev–Trinajstić information content (AvgIpc) is 2.36. The molecule has 0 unspecified atom stereocenters. The van der Waals surface area contributed by atoms with E-state index in [0.717, 1.165) is 12.8 Å². The van der Waals surface area contributed by atoms with Gasteiger partial charge in [-0.3, -0.25) is 0 Å². The van der Waals surface area contributed by atoms with E-state index in [2.05, 4.69) is 83.3 Å². The maximum absolute atomic E-state index is 6.52. The van der Waals surface area contributed by atoms with Gasteiger partial charge in [0.25, 0.3) is 0 Å². The highest BCUT2D eigenvalue weighted by atomic mass is 28.4. The monoisotopic (exact) mass is 290 g/mol. The zero-order chi connectivity index (χ0) is 15.2. The lowest BCUT2D eigenvalue weighted by Crippen LogP contribution is -2.43. The second kappa shape index (κ2) is 7.23. The predicted molar refractivity (Wildman–Crippen MR) is 91.6 cm³/mol. The summed E-state index contributed by atoms with van der Waals surface area (Å²) >= 11 is 0. The number of aryl methyl sites for hydroxylation is 1. The van der Waals surface area contributed by atoms with Crippen molar-refractivity contribution in [1.29, 1.82) is 0 Å². The van der Waals surface area contributed by atoms with E-state index < -0.39 is 8.32 Å². The van der Waals surface area contributed by atoms with Crippen LogP contribution >= 0.6 is 0 Å². The fourth-order valence-corrected chi connectivity index (χ4v) is 3.22. The van der Waals surface area contributed by atoms with Gasteiger partial charge in [-0.1, -0.05) is 63.3 Å². The van der Waals surface area contributed by atoms with E-state index in [1.807, 2.05) is 0 Å². The van der Waals surface area contributed by atoms with Gasteiger partial charge >= 0.3 is 0 Å². The van der Waals surface area contributed by atoms with Gasteiger partial charge in [-0.15, -0.1) is 0 Å². The number of hydrogen-bond acceptors (Lipinski definition) is 1. The number of rotatable bonds is 6. The first-order valence-corrected chi connectivity index (χ1v) is 10.5. The normalized spacial score (nSPS) is 14.7. The van der Waals surface area contributed by atoms with Gasteiger partial charge in [0.2, 0.25) is 0 Å². The van der Waals surface area contributed by atoms with Crippen molar-refractivity contribution in [2.24, 2.45) is 0 Å². The molecule has 0 aliphatic rings. The fourth-order valence-electron chi connectivity index (χ4n) is 1.92. The largest absolute Gasteiger partial charge is 0.411 e. The molecule has 0 aliphatic heterocycles. The van der Waals surface area contributed by atoms with Crippen LogP contribution < -0.4 is 0 Å². The molecular formula is C18H30OSi. The van der Waals surface area contributed by atoms with Gasteiger partial charge in [0.15, 0.2) is 8.32 Å². The van der Waals surface area contributed by atoms with Gasteiger partial charge in [-0.2, -0.15) is 0 Å². The molecule has 0 saturated carbocycles. The van der Waals surface area contributed by atoms with Crippen LogP contribution in [0, 0.1) is 0 Å². The highest BCUT2D eigenvalue weighted by molar-refractivity contribution is 6.74. The Kier molecular flexibility index (Phi) is 6.22. The fraction of sp³-hybridized carbons (Fsp3) is 0.556. The maximum Gasteiger partial charge on any atom is 0.192 e. The summed E-state index contributed by atoms with van der Waals surface area (Å²) in [5.74, 6) is 0. The van der Waals surface area contributed by atoms with Crippen molar-refractivity contribution in [1.82, 2.24) is 0 Å². The van der Waals surface area contributed by atoms with E-state index in [1.54, 1.807) is 0 Å². The highest BCUT2D eigenvalue weighted by Gasteiger charge is 2.38. The number of benzene rings is 1. The third kappa shape index (κ3) is 5.26. The molecule has 0 N–H and O–H groups in total. The van der Waals surface area contributed by atoms with Crippen molar-refractivity contribution >= 4 is 8.32 Å². The molecule has 2 heteroatoms. The van der Waals surface area contributed by atoms with Crippen LogP contribution in [-0.4, -0.2) is 14.4 Å². The molecule has 0 bridgehead atoms. The first-order valence-electron chi connectivity index (χ1n) is 7.61. The van der Waals surface area contributed by atoms with E-state index in [1.165, 1.54) is 5.56 Å². The van der Waals surface area contributed by atoms with Crippen LogP contribution in [0.3, 0.4) is 0 Å². The predicted octanol–water partition coefficient (Wildman–Crippen LogP) is 5.59. The molecule has 1 nitrogen and oxygen atoms in total. The molecular weight excluding hydrogens is 260 g/mol. The summed E-state index contributed by atoms with van der Waals surface area (Å²) < 4.78 is 6.52. The van der Waals surface area contributed by atoms with E-state index in [0.29, 0.717) is 0 Å². The Morgan fingerprint density at radius 1 is 1.15 bits per heavy atom. The van der Waals surface area contributed by atoms with Gasteiger partial charge in [0.1, 0.15) is 0 Å². The lowest BCUT2D eigenvalue weighted by atomic mass is 10.1. The third-order valence-corrected chi connectivity index (χ3v) is 8.72. The summed E-state index contributed by atoms with van der Waals surface area (Å²) in [4.78, 5) is 0. The van der Waals surface area contributed by atoms with Crippen LogP contribution in [0.1, 0.15) is 39.7 Å². The van der Waals surface area contributed by atoms with Crippen LogP contribution in [0.4, 0.5) is 0 Å². The van der Waals surface area contributed by atoms with Gasteiger partial charge < -0.3 is 4.43 Å². The second-order valence-electron chi connectivity index (χ2n) is 6.97. The van der Waals surface area contributed by atoms with Gasteiger partial charge in [0, 0.05) is 0 Å². The molecule has 20 heavy (non-hydrogen) atoms. The van der Waals surface area contributed by atoms with Crippen molar-refractivity contribution in [3.05, 3.63) is 48.0 Å². The van der Waals surface area contributed by atoms with Gasteiger partial charge in [-0.25, -0.2) is 0 Å². The Morgan fingerprint density at radius 2 is 1.75 bits per heavy atom. The van der Waals surface area contributed by atoms with Crippen LogP contribution in [0.5, 0.6) is 0 Å². The molecule has 0 aliphatic carbocycles. The topological polar surface area (TPSA) is 9.23 Å². The molecule has 1 aromatic carbocycles. The zero-order valence-corrected chi connectivity index (χ0v) is 14.9. The van der Waals surface area contributed by atoms with Crippen molar-refractivity contribution in [3.8, 4) is 0 Å². The summed E-state index contributed by atoms with van der Waals surface area (Å²) in [5.41, 5.74) is 1.39.